The quantitative estimate of drug-likeness (QED) is 0.653. The van der Waals surface area contributed by atoms with E-state index in [0.29, 0.717) is 6.54 Å². The number of nitrogens with one attached hydrogen (secondary N) is 1. The van der Waals surface area contributed by atoms with Crippen molar-refractivity contribution >= 4 is 17.4 Å². The van der Waals surface area contributed by atoms with E-state index in [9.17, 15) is 4.79 Å². The van der Waals surface area contributed by atoms with Gasteiger partial charge in [0.15, 0.2) is 0 Å². The summed E-state index contributed by atoms with van der Waals surface area (Å²) in [5.74, 6) is 0.925. The zero-order valence-corrected chi connectivity index (χ0v) is 19.5. The van der Waals surface area contributed by atoms with Crippen molar-refractivity contribution in [3.8, 4) is 16.3 Å². The molecule has 1 saturated heterocycles. The Kier molecular flexibility index (Phi) is 7.45. The molecule has 7 heteroatoms. The molecule has 0 bridgehead atoms. The molecule has 0 radical (unpaired) electrons. The second kappa shape index (κ2) is 10.5. The zero-order valence-electron chi connectivity index (χ0n) is 18.7. The predicted octanol–water partition coefficient (Wildman–Crippen LogP) is 4.19. The van der Waals surface area contributed by atoms with Crippen LogP contribution in [-0.2, 0) is 12.8 Å². The fourth-order valence-electron chi connectivity index (χ4n) is 4.43. The highest BCUT2D eigenvalue weighted by Crippen LogP contribution is 2.31. The van der Waals surface area contributed by atoms with Gasteiger partial charge < -0.3 is 19.9 Å². The van der Waals surface area contributed by atoms with E-state index in [-0.39, 0.29) is 6.03 Å². The minimum atomic E-state index is 0.0309. The van der Waals surface area contributed by atoms with Crippen LogP contribution in [0.3, 0.4) is 0 Å². The van der Waals surface area contributed by atoms with Crippen LogP contribution in [0.2, 0.25) is 0 Å². The van der Waals surface area contributed by atoms with Gasteiger partial charge in [-0.15, -0.1) is 11.3 Å². The monoisotopic (exact) mass is 442 g/mol. The van der Waals surface area contributed by atoms with Crippen molar-refractivity contribution in [2.45, 2.75) is 52.0 Å². The van der Waals surface area contributed by atoms with Gasteiger partial charge in [-0.1, -0.05) is 0 Å². The maximum absolute atomic E-state index is 12.1. The largest absolute Gasteiger partial charge is 0.494 e. The highest BCUT2D eigenvalue weighted by atomic mass is 32.1. The number of ether oxygens (including phenoxy) is 1. The van der Waals surface area contributed by atoms with E-state index in [2.05, 4.69) is 41.4 Å². The summed E-state index contributed by atoms with van der Waals surface area (Å²) in [4.78, 5) is 22.8. The van der Waals surface area contributed by atoms with Crippen LogP contribution in [-0.4, -0.2) is 66.2 Å². The summed E-state index contributed by atoms with van der Waals surface area (Å²) in [6, 6.07) is 9.08. The first-order valence-corrected chi connectivity index (χ1v) is 12.4. The average Bonchev–Trinajstić information content (AvgIpc) is 3.32. The van der Waals surface area contributed by atoms with Crippen LogP contribution in [0, 0.1) is 0 Å². The second-order valence-electron chi connectivity index (χ2n) is 8.47. The molecule has 6 nitrogen and oxygen atoms in total. The van der Waals surface area contributed by atoms with Gasteiger partial charge in [0.1, 0.15) is 10.8 Å². The van der Waals surface area contributed by atoms with Crippen LogP contribution in [0.15, 0.2) is 24.3 Å². The Morgan fingerprint density at radius 3 is 2.77 bits per heavy atom. The number of carbonyl (C=O) groups excluding carboxylic acids is 1. The molecule has 3 heterocycles. The number of thiazole rings is 1. The number of benzene rings is 1. The van der Waals surface area contributed by atoms with Gasteiger partial charge in [0, 0.05) is 55.5 Å². The Bertz CT molecular complexity index is 841. The molecular weight excluding hydrogens is 408 g/mol. The Labute approximate surface area is 189 Å². The van der Waals surface area contributed by atoms with Crippen LogP contribution in [0.1, 0.15) is 43.7 Å². The molecule has 31 heavy (non-hydrogen) atoms. The third-order valence-corrected chi connectivity index (χ3v) is 7.48. The number of rotatable bonds is 7. The predicted molar refractivity (Wildman–Crippen MR) is 126 cm³/mol. The number of hydrogen-bond acceptors (Lipinski definition) is 5. The summed E-state index contributed by atoms with van der Waals surface area (Å²) in [6.07, 6.45) is 5.42. The SMILES string of the molecule is CCNC(=O)N1CCc2nc(-c3ccc(OCCCN4CCCC4C)cc3)sc2CC1. The van der Waals surface area contributed by atoms with Crippen molar-refractivity contribution in [2.75, 3.05) is 39.3 Å². The van der Waals surface area contributed by atoms with Crippen molar-refractivity contribution in [2.24, 2.45) is 0 Å². The van der Waals surface area contributed by atoms with Gasteiger partial charge in [-0.2, -0.15) is 0 Å². The molecule has 1 aromatic carbocycles. The lowest BCUT2D eigenvalue weighted by Crippen LogP contribution is -2.41. The summed E-state index contributed by atoms with van der Waals surface area (Å²) in [7, 11) is 0. The smallest absolute Gasteiger partial charge is 0.317 e. The van der Waals surface area contributed by atoms with E-state index >= 15 is 0 Å². The molecule has 0 spiro atoms. The highest BCUT2D eigenvalue weighted by Gasteiger charge is 2.22. The number of aromatic nitrogens is 1. The lowest BCUT2D eigenvalue weighted by atomic mass is 10.2. The average molecular weight is 443 g/mol. The molecule has 2 amide bonds. The summed E-state index contributed by atoms with van der Waals surface area (Å²) in [6.45, 7) is 9.54. The van der Waals surface area contributed by atoms with E-state index in [0.717, 1.165) is 73.6 Å². The Morgan fingerprint density at radius 1 is 1.23 bits per heavy atom. The van der Waals surface area contributed by atoms with Gasteiger partial charge in [-0.3, -0.25) is 0 Å². The van der Waals surface area contributed by atoms with Gasteiger partial charge >= 0.3 is 6.03 Å². The summed E-state index contributed by atoms with van der Waals surface area (Å²) >= 11 is 1.75. The van der Waals surface area contributed by atoms with Gasteiger partial charge in [-0.05, 0) is 63.9 Å². The lowest BCUT2D eigenvalue weighted by Gasteiger charge is -2.20. The third kappa shape index (κ3) is 5.57. The number of nitrogens with zero attached hydrogens (tertiary/aromatic N) is 3. The minimum absolute atomic E-state index is 0.0309. The van der Waals surface area contributed by atoms with Crippen molar-refractivity contribution in [1.82, 2.24) is 20.1 Å². The molecule has 1 atom stereocenters. The maximum Gasteiger partial charge on any atom is 0.317 e. The van der Waals surface area contributed by atoms with E-state index in [1.165, 1.54) is 24.3 Å². The highest BCUT2D eigenvalue weighted by molar-refractivity contribution is 7.15. The number of fused-ring (bicyclic) bond motifs is 1. The van der Waals surface area contributed by atoms with E-state index in [1.807, 2.05) is 11.8 Å². The molecule has 1 unspecified atom stereocenters. The van der Waals surface area contributed by atoms with E-state index in [4.69, 9.17) is 9.72 Å². The fraction of sp³-hybridized carbons (Fsp3) is 0.583. The molecule has 4 rings (SSSR count). The van der Waals surface area contributed by atoms with Crippen LogP contribution < -0.4 is 10.1 Å². The number of likely N-dealkylation sites (tertiary alicyclic amines) is 1. The zero-order chi connectivity index (χ0) is 21.6. The topological polar surface area (TPSA) is 57.7 Å². The summed E-state index contributed by atoms with van der Waals surface area (Å²) in [5, 5.41) is 3.96. The molecule has 1 aromatic heterocycles. The Balaban J connectivity index is 1.28. The molecule has 0 saturated carbocycles. The van der Waals surface area contributed by atoms with Crippen molar-refractivity contribution in [1.29, 1.82) is 0 Å². The number of hydrogen-bond donors (Lipinski definition) is 1. The summed E-state index contributed by atoms with van der Waals surface area (Å²) in [5.41, 5.74) is 2.28. The number of urea groups is 1. The first-order chi connectivity index (χ1) is 15.1. The molecule has 2 aliphatic heterocycles. The molecule has 1 fully saturated rings. The van der Waals surface area contributed by atoms with Crippen LogP contribution in [0.25, 0.3) is 10.6 Å². The molecule has 2 aliphatic rings. The van der Waals surface area contributed by atoms with Crippen LogP contribution >= 0.6 is 11.3 Å². The summed E-state index contributed by atoms with van der Waals surface area (Å²) < 4.78 is 5.96. The van der Waals surface area contributed by atoms with Crippen molar-refractivity contribution in [3.05, 3.63) is 34.8 Å². The maximum atomic E-state index is 12.1. The van der Waals surface area contributed by atoms with E-state index < -0.39 is 0 Å². The molecule has 0 aliphatic carbocycles. The number of amides is 2. The van der Waals surface area contributed by atoms with Crippen molar-refractivity contribution in [3.63, 3.8) is 0 Å². The second-order valence-corrected chi connectivity index (χ2v) is 9.55. The molecule has 2 aromatic rings. The normalized spacial score (nSPS) is 19.2. The first-order valence-electron chi connectivity index (χ1n) is 11.6. The van der Waals surface area contributed by atoms with Gasteiger partial charge in [0.05, 0.1) is 12.3 Å². The molecular formula is C24H34N4O2S. The minimum Gasteiger partial charge on any atom is -0.494 e. The Hall–Kier alpha value is -2.12. The van der Waals surface area contributed by atoms with Gasteiger partial charge in [-0.25, -0.2) is 9.78 Å². The fourth-order valence-corrected chi connectivity index (χ4v) is 5.53. The van der Waals surface area contributed by atoms with Crippen LogP contribution in [0.5, 0.6) is 5.75 Å². The van der Waals surface area contributed by atoms with Gasteiger partial charge in [0.25, 0.3) is 0 Å². The molecule has 168 valence electrons. The lowest BCUT2D eigenvalue weighted by molar-refractivity contribution is 0.201. The van der Waals surface area contributed by atoms with Crippen molar-refractivity contribution < 1.29 is 9.53 Å². The Morgan fingerprint density at radius 2 is 2.03 bits per heavy atom. The first kappa shape index (κ1) is 22.1. The van der Waals surface area contributed by atoms with Crippen LogP contribution in [0.4, 0.5) is 4.79 Å². The standard InChI is InChI=1S/C24H34N4O2S/c1-3-25-24(29)28-15-11-21-22(12-16-28)31-23(26-21)19-7-9-20(10-8-19)30-17-5-14-27-13-4-6-18(27)2/h7-10,18H,3-6,11-17H2,1-2H3,(H,25,29). The van der Waals surface area contributed by atoms with E-state index in [1.54, 1.807) is 11.3 Å². The third-order valence-electron chi connectivity index (χ3n) is 6.27. The number of carbonyl (C=O) groups is 1. The van der Waals surface area contributed by atoms with Gasteiger partial charge in [0.2, 0.25) is 0 Å². The molecule has 1 N–H and O–H groups in total.